The van der Waals surface area contributed by atoms with Gasteiger partial charge in [0.15, 0.2) is 0 Å². The fourth-order valence-corrected chi connectivity index (χ4v) is 5.26. The molecular formula is C28H41N5O5S. The maximum Gasteiger partial charge on any atom is 0.286 e. The van der Waals surface area contributed by atoms with Crippen LogP contribution in [0.25, 0.3) is 0 Å². The van der Waals surface area contributed by atoms with Gasteiger partial charge in [-0.25, -0.2) is 0 Å². The van der Waals surface area contributed by atoms with Crippen LogP contribution in [0.3, 0.4) is 0 Å². The van der Waals surface area contributed by atoms with Gasteiger partial charge in [0.2, 0.25) is 11.7 Å². The molecule has 1 atom stereocenters. The molecular weight excluding hydrogens is 518 g/mol. The number of thioether (sulfide) groups is 1. The van der Waals surface area contributed by atoms with Crippen LogP contribution in [0.4, 0.5) is 0 Å². The Kier molecular flexibility index (Phi) is 11.1. The largest absolute Gasteiger partial charge is 0.408 e. The summed E-state index contributed by atoms with van der Waals surface area (Å²) < 4.78 is 5.59. The molecule has 10 nitrogen and oxygen atoms in total. The van der Waals surface area contributed by atoms with Crippen molar-refractivity contribution in [2.75, 3.05) is 14.2 Å². The Morgan fingerprint density at radius 3 is 2.33 bits per heavy atom. The zero-order chi connectivity index (χ0) is 28.6. The molecule has 1 fully saturated rings. The topological polar surface area (TPSA) is 127 Å². The first-order valence-electron chi connectivity index (χ1n) is 13.5. The van der Waals surface area contributed by atoms with Gasteiger partial charge in [-0.05, 0) is 42.9 Å². The Morgan fingerprint density at radius 2 is 1.74 bits per heavy atom. The lowest BCUT2D eigenvalue weighted by Crippen LogP contribution is -2.62. The van der Waals surface area contributed by atoms with Gasteiger partial charge in [0, 0.05) is 24.4 Å². The van der Waals surface area contributed by atoms with Gasteiger partial charge in [0.1, 0.15) is 5.54 Å². The van der Waals surface area contributed by atoms with Crippen molar-refractivity contribution in [2.24, 2.45) is 5.92 Å². The van der Waals surface area contributed by atoms with E-state index >= 15 is 0 Å². The van der Waals surface area contributed by atoms with E-state index in [9.17, 15) is 14.4 Å². The second-order valence-electron chi connectivity index (χ2n) is 10.8. The molecule has 0 bridgehead atoms. The molecule has 214 valence electrons. The van der Waals surface area contributed by atoms with E-state index in [2.05, 4.69) is 20.8 Å². The zero-order valence-electron chi connectivity index (χ0n) is 23.8. The number of carbonyl (C=O) groups excluding carboxylic acids is 3. The molecule has 1 aliphatic rings. The van der Waals surface area contributed by atoms with Gasteiger partial charge in [-0.15, -0.1) is 10.2 Å². The third-order valence-electron chi connectivity index (χ3n) is 6.71. The minimum atomic E-state index is -1.10. The SMILES string of the molecule is CON(C)Cc1ccc(C(=O)NC2(C(=O)NC(CC(C)C)C(=O)c3nnc(SC(C)C)o3)CCCCC2)cc1. The Labute approximate surface area is 235 Å². The first kappa shape index (κ1) is 30.8. The number of benzene rings is 1. The number of nitrogens with one attached hydrogen (secondary N) is 2. The predicted molar refractivity (Wildman–Crippen MR) is 149 cm³/mol. The van der Waals surface area contributed by atoms with E-state index in [1.165, 1.54) is 11.8 Å². The summed E-state index contributed by atoms with van der Waals surface area (Å²) in [6.45, 7) is 8.52. The van der Waals surface area contributed by atoms with E-state index in [0.29, 0.717) is 36.6 Å². The third kappa shape index (κ3) is 8.61. The summed E-state index contributed by atoms with van der Waals surface area (Å²) >= 11 is 1.37. The number of nitrogens with zero attached hydrogens (tertiary/aromatic N) is 3. The van der Waals surface area contributed by atoms with Gasteiger partial charge in [-0.1, -0.05) is 70.9 Å². The van der Waals surface area contributed by atoms with Crippen LogP contribution in [-0.4, -0.2) is 63.8 Å². The number of ketones is 1. The average Bonchev–Trinajstić information content (AvgIpc) is 3.36. The van der Waals surface area contributed by atoms with Crippen molar-refractivity contribution in [3.63, 3.8) is 0 Å². The van der Waals surface area contributed by atoms with E-state index in [4.69, 9.17) is 9.25 Å². The van der Waals surface area contributed by atoms with Gasteiger partial charge in [0.05, 0.1) is 13.2 Å². The predicted octanol–water partition coefficient (Wildman–Crippen LogP) is 4.41. The van der Waals surface area contributed by atoms with Crippen molar-refractivity contribution < 1.29 is 23.6 Å². The fraction of sp³-hybridized carbons (Fsp3) is 0.607. The summed E-state index contributed by atoms with van der Waals surface area (Å²) in [6, 6.07) is 6.38. The van der Waals surface area contributed by atoms with Crippen molar-refractivity contribution >= 4 is 29.4 Å². The van der Waals surface area contributed by atoms with E-state index in [-0.39, 0.29) is 28.9 Å². The van der Waals surface area contributed by atoms with E-state index in [1.807, 2.05) is 46.9 Å². The molecule has 2 amide bonds. The highest BCUT2D eigenvalue weighted by Gasteiger charge is 2.43. The first-order chi connectivity index (χ1) is 18.5. The molecule has 1 unspecified atom stereocenters. The Hall–Kier alpha value is -2.76. The number of amides is 2. The lowest BCUT2D eigenvalue weighted by molar-refractivity contribution is -0.129. The number of rotatable bonds is 13. The summed E-state index contributed by atoms with van der Waals surface area (Å²) in [4.78, 5) is 45.6. The quantitative estimate of drug-likeness (QED) is 0.208. The van der Waals surface area contributed by atoms with Gasteiger partial charge >= 0.3 is 0 Å². The normalized spacial score (nSPS) is 15.9. The van der Waals surface area contributed by atoms with E-state index in [1.54, 1.807) is 24.3 Å². The molecule has 0 saturated heterocycles. The van der Waals surface area contributed by atoms with Crippen LogP contribution in [0, 0.1) is 5.92 Å². The highest BCUT2D eigenvalue weighted by molar-refractivity contribution is 7.99. The molecule has 3 rings (SSSR count). The fourth-order valence-electron chi connectivity index (χ4n) is 4.64. The maximum atomic E-state index is 13.8. The third-order valence-corrected chi connectivity index (χ3v) is 7.55. The maximum absolute atomic E-state index is 13.8. The lowest BCUT2D eigenvalue weighted by atomic mass is 9.80. The Bertz CT molecular complexity index is 1110. The number of carbonyl (C=O) groups is 3. The molecule has 2 N–H and O–H groups in total. The highest BCUT2D eigenvalue weighted by atomic mass is 32.2. The van der Waals surface area contributed by atoms with Crippen LogP contribution in [-0.2, 0) is 16.2 Å². The van der Waals surface area contributed by atoms with Crippen LogP contribution in [0.1, 0.15) is 92.8 Å². The number of aromatic nitrogens is 2. The second-order valence-corrected chi connectivity index (χ2v) is 12.3. The average molecular weight is 560 g/mol. The van der Waals surface area contributed by atoms with E-state index < -0.39 is 17.4 Å². The van der Waals surface area contributed by atoms with Crippen LogP contribution < -0.4 is 10.6 Å². The second kappa shape index (κ2) is 14.0. The van der Waals surface area contributed by atoms with E-state index in [0.717, 1.165) is 24.8 Å². The van der Waals surface area contributed by atoms with Gasteiger partial charge in [-0.3, -0.25) is 14.4 Å². The van der Waals surface area contributed by atoms with Crippen molar-refractivity contribution in [2.45, 2.75) is 94.8 Å². The summed E-state index contributed by atoms with van der Waals surface area (Å²) in [5, 5.41) is 16.1. The van der Waals surface area contributed by atoms with Crippen molar-refractivity contribution in [1.29, 1.82) is 0 Å². The monoisotopic (exact) mass is 559 g/mol. The minimum absolute atomic E-state index is 0.120. The van der Waals surface area contributed by atoms with Crippen LogP contribution in [0.5, 0.6) is 0 Å². The number of hydroxylamine groups is 2. The van der Waals surface area contributed by atoms with Crippen molar-refractivity contribution in [3.05, 3.63) is 41.3 Å². The van der Waals surface area contributed by atoms with Crippen LogP contribution in [0.15, 0.2) is 33.9 Å². The molecule has 0 spiro atoms. The van der Waals surface area contributed by atoms with Crippen LogP contribution in [0.2, 0.25) is 0 Å². The standard InChI is InChI=1S/C28H41N5O5S/c1-18(2)16-22(23(34)25-31-32-27(38-25)39-19(3)4)29-26(36)28(14-8-7-9-15-28)30-24(35)21-12-10-20(11-13-21)17-33(5)37-6/h10-13,18-19,22H,7-9,14-17H2,1-6H3,(H,29,36)(H,30,35). The molecule has 1 heterocycles. The smallest absolute Gasteiger partial charge is 0.286 e. The zero-order valence-corrected chi connectivity index (χ0v) is 24.6. The molecule has 11 heteroatoms. The van der Waals surface area contributed by atoms with Crippen molar-refractivity contribution in [1.82, 2.24) is 25.9 Å². The number of hydrogen-bond donors (Lipinski definition) is 2. The Balaban J connectivity index is 1.77. The summed E-state index contributed by atoms with van der Waals surface area (Å²) in [7, 11) is 3.42. The minimum Gasteiger partial charge on any atom is -0.408 e. The number of Topliss-reactive ketones (excluding diaryl/α,β-unsaturated/α-hetero) is 1. The number of hydrogen-bond acceptors (Lipinski definition) is 9. The lowest BCUT2D eigenvalue weighted by Gasteiger charge is -2.37. The molecule has 39 heavy (non-hydrogen) atoms. The summed E-state index contributed by atoms with van der Waals surface area (Å²) in [5.74, 6) is -1.10. The van der Waals surface area contributed by atoms with Gasteiger partial charge in [0.25, 0.3) is 17.0 Å². The highest BCUT2D eigenvalue weighted by Crippen LogP contribution is 2.30. The van der Waals surface area contributed by atoms with Gasteiger partial charge < -0.3 is 19.9 Å². The summed E-state index contributed by atoms with van der Waals surface area (Å²) in [6.07, 6.45) is 4.00. The first-order valence-corrected chi connectivity index (χ1v) is 14.4. The molecule has 1 aliphatic carbocycles. The molecule has 1 aromatic heterocycles. The molecule has 0 aliphatic heterocycles. The molecule has 2 aromatic rings. The Morgan fingerprint density at radius 1 is 1.08 bits per heavy atom. The molecule has 0 radical (unpaired) electrons. The summed E-state index contributed by atoms with van der Waals surface area (Å²) in [5.41, 5.74) is 0.354. The molecule has 1 saturated carbocycles. The van der Waals surface area contributed by atoms with Gasteiger partial charge in [-0.2, -0.15) is 5.06 Å². The molecule has 1 aromatic carbocycles. The van der Waals surface area contributed by atoms with Crippen molar-refractivity contribution in [3.8, 4) is 0 Å². The van der Waals surface area contributed by atoms with Crippen LogP contribution >= 0.6 is 11.8 Å².